The Bertz CT molecular complexity index is 1200. The van der Waals surface area contributed by atoms with Crippen LogP contribution in [0.5, 0.6) is 5.75 Å². The zero-order valence-electron chi connectivity index (χ0n) is 22.2. The van der Waals surface area contributed by atoms with Crippen molar-refractivity contribution in [1.82, 2.24) is 10.2 Å². The Labute approximate surface area is 222 Å². The maximum Gasteiger partial charge on any atom is 0.251 e. The van der Waals surface area contributed by atoms with Crippen molar-refractivity contribution in [3.05, 3.63) is 100 Å². The van der Waals surface area contributed by atoms with Crippen LogP contribution in [-0.4, -0.2) is 37.0 Å². The van der Waals surface area contributed by atoms with Crippen LogP contribution in [0.1, 0.15) is 70.3 Å². The fourth-order valence-corrected chi connectivity index (χ4v) is 5.32. The molecule has 1 heterocycles. The van der Waals surface area contributed by atoms with Gasteiger partial charge in [0.25, 0.3) is 5.91 Å². The lowest BCUT2D eigenvalue weighted by Crippen LogP contribution is -2.27. The molecule has 1 saturated carbocycles. The van der Waals surface area contributed by atoms with E-state index in [9.17, 15) is 4.79 Å². The van der Waals surface area contributed by atoms with Gasteiger partial charge in [-0.1, -0.05) is 48.5 Å². The lowest BCUT2D eigenvalue weighted by molar-refractivity contribution is 0.0954. The lowest BCUT2D eigenvalue weighted by Gasteiger charge is -2.23. The van der Waals surface area contributed by atoms with E-state index in [1.807, 2.05) is 18.2 Å². The molecule has 4 nitrogen and oxygen atoms in total. The van der Waals surface area contributed by atoms with Gasteiger partial charge in [-0.3, -0.25) is 9.69 Å². The van der Waals surface area contributed by atoms with Gasteiger partial charge in [-0.15, -0.1) is 0 Å². The van der Waals surface area contributed by atoms with Crippen molar-refractivity contribution in [2.45, 2.75) is 58.4 Å². The van der Waals surface area contributed by atoms with Crippen LogP contribution in [0.3, 0.4) is 0 Å². The third-order valence-corrected chi connectivity index (χ3v) is 7.65. The number of rotatable bonds is 6. The first kappa shape index (κ1) is 25.5. The van der Waals surface area contributed by atoms with Crippen LogP contribution in [0.2, 0.25) is 0 Å². The molecular weight excluding hydrogens is 456 g/mol. The zero-order chi connectivity index (χ0) is 25.5. The molecule has 1 amide bonds. The van der Waals surface area contributed by atoms with Gasteiger partial charge in [-0.2, -0.15) is 0 Å². The normalized spacial score (nSPS) is 16.8. The highest BCUT2D eigenvalue weighted by Gasteiger charge is 2.24. The van der Waals surface area contributed by atoms with E-state index in [1.54, 1.807) is 0 Å². The van der Waals surface area contributed by atoms with E-state index in [2.05, 4.69) is 65.7 Å². The van der Waals surface area contributed by atoms with Gasteiger partial charge < -0.3 is 10.1 Å². The first-order chi connectivity index (χ1) is 18.1. The molecule has 5 rings (SSSR count). The van der Waals surface area contributed by atoms with Crippen molar-refractivity contribution in [3.8, 4) is 5.75 Å². The summed E-state index contributed by atoms with van der Waals surface area (Å²) in [6.45, 7) is 6.88. The standard InChI is InChI=1S/C33H40N2O2/c1-25-8-3-4-11-29(25)16-17-34-33(36)30-14-15-32-31(22-30)21-27-9-7-10-28(20-27)24-35(23-26-12-13-26)18-5-2-6-19-37-32/h3-4,7-11,14-15,20,22,26H,2,5-6,12-13,16-19,21,23-24H2,1H3,(H,34,36). The number of benzene rings is 3. The quantitative estimate of drug-likeness (QED) is 0.433. The van der Waals surface area contributed by atoms with Gasteiger partial charge in [0.1, 0.15) is 5.75 Å². The van der Waals surface area contributed by atoms with Gasteiger partial charge in [0.05, 0.1) is 6.61 Å². The molecule has 0 atom stereocenters. The predicted octanol–water partition coefficient (Wildman–Crippen LogP) is 6.33. The molecule has 2 bridgehead atoms. The molecule has 1 aliphatic carbocycles. The van der Waals surface area contributed by atoms with Crippen LogP contribution >= 0.6 is 0 Å². The highest BCUT2D eigenvalue weighted by molar-refractivity contribution is 5.94. The summed E-state index contributed by atoms with van der Waals surface area (Å²) in [6, 6.07) is 23.2. The maximum atomic E-state index is 13.0. The van der Waals surface area contributed by atoms with Crippen LogP contribution in [0.15, 0.2) is 66.7 Å². The number of nitrogens with one attached hydrogen (secondary N) is 1. The van der Waals surface area contributed by atoms with Gasteiger partial charge in [0.15, 0.2) is 0 Å². The smallest absolute Gasteiger partial charge is 0.251 e. The number of aryl methyl sites for hydroxylation is 1. The minimum absolute atomic E-state index is 0.0275. The van der Waals surface area contributed by atoms with Crippen LogP contribution in [-0.2, 0) is 19.4 Å². The first-order valence-electron chi connectivity index (χ1n) is 14.0. The molecule has 194 valence electrons. The van der Waals surface area contributed by atoms with E-state index in [4.69, 9.17) is 4.74 Å². The summed E-state index contributed by atoms with van der Waals surface area (Å²) >= 11 is 0. The second-order valence-electron chi connectivity index (χ2n) is 10.8. The van der Waals surface area contributed by atoms with Gasteiger partial charge in [0, 0.05) is 31.6 Å². The van der Waals surface area contributed by atoms with E-state index >= 15 is 0 Å². The fourth-order valence-electron chi connectivity index (χ4n) is 5.32. The van der Waals surface area contributed by atoms with Crippen LogP contribution in [0, 0.1) is 12.8 Å². The highest BCUT2D eigenvalue weighted by Crippen LogP contribution is 2.31. The number of hydrogen-bond acceptors (Lipinski definition) is 3. The van der Waals surface area contributed by atoms with Crippen molar-refractivity contribution >= 4 is 5.91 Å². The van der Waals surface area contributed by atoms with E-state index in [-0.39, 0.29) is 5.91 Å². The second kappa shape index (κ2) is 12.4. The summed E-state index contributed by atoms with van der Waals surface area (Å²) in [4.78, 5) is 15.7. The summed E-state index contributed by atoms with van der Waals surface area (Å²) in [6.07, 6.45) is 7.82. The van der Waals surface area contributed by atoms with Crippen molar-refractivity contribution < 1.29 is 9.53 Å². The summed E-state index contributed by atoms with van der Waals surface area (Å²) in [5.74, 6) is 1.77. The Kier molecular flexibility index (Phi) is 8.57. The van der Waals surface area contributed by atoms with Gasteiger partial charge in [-0.05, 0) is 104 Å². The van der Waals surface area contributed by atoms with Crippen molar-refractivity contribution in [2.24, 2.45) is 5.92 Å². The summed E-state index contributed by atoms with van der Waals surface area (Å²) in [5, 5.41) is 3.11. The maximum absolute atomic E-state index is 13.0. The molecule has 37 heavy (non-hydrogen) atoms. The summed E-state index contributed by atoms with van der Waals surface area (Å²) < 4.78 is 6.25. The molecule has 0 aromatic heterocycles. The van der Waals surface area contributed by atoms with Crippen molar-refractivity contribution in [2.75, 3.05) is 26.2 Å². The Morgan fingerprint density at radius 2 is 1.84 bits per heavy atom. The molecule has 3 aromatic carbocycles. The second-order valence-corrected chi connectivity index (χ2v) is 10.8. The molecule has 0 unspecified atom stereocenters. The molecule has 0 radical (unpaired) electrons. The monoisotopic (exact) mass is 496 g/mol. The first-order valence-corrected chi connectivity index (χ1v) is 14.0. The molecule has 3 aromatic rings. The fraction of sp³-hybridized carbons (Fsp3) is 0.424. The number of carbonyl (C=O) groups is 1. The molecule has 0 saturated heterocycles. The summed E-state index contributed by atoms with van der Waals surface area (Å²) in [7, 11) is 0. The molecule has 1 N–H and O–H groups in total. The van der Waals surface area contributed by atoms with Crippen LogP contribution < -0.4 is 10.1 Å². The Balaban J connectivity index is 1.30. The third-order valence-electron chi connectivity index (χ3n) is 7.65. The predicted molar refractivity (Wildman–Crippen MR) is 150 cm³/mol. The molecule has 4 heteroatoms. The zero-order valence-corrected chi connectivity index (χ0v) is 22.2. The highest BCUT2D eigenvalue weighted by atomic mass is 16.5. The number of amides is 1. The van der Waals surface area contributed by atoms with Crippen LogP contribution in [0.4, 0.5) is 0 Å². The van der Waals surface area contributed by atoms with E-state index in [0.717, 1.165) is 49.6 Å². The Morgan fingerprint density at radius 1 is 0.973 bits per heavy atom. The minimum atomic E-state index is -0.0275. The molecule has 2 aliphatic rings. The largest absolute Gasteiger partial charge is 0.493 e. The third kappa shape index (κ3) is 7.45. The minimum Gasteiger partial charge on any atom is -0.493 e. The van der Waals surface area contributed by atoms with Crippen LogP contribution in [0.25, 0.3) is 0 Å². The van der Waals surface area contributed by atoms with E-state index in [0.29, 0.717) is 12.1 Å². The lowest BCUT2D eigenvalue weighted by atomic mass is 9.99. The SMILES string of the molecule is Cc1ccccc1CCNC(=O)c1ccc2c(c1)Cc1cccc(c1)CN(CC1CC1)CCCCCO2. The Hall–Kier alpha value is -3.11. The molecular formula is C33H40N2O2. The topological polar surface area (TPSA) is 41.6 Å². The number of nitrogens with zero attached hydrogens (tertiary/aromatic N) is 1. The molecule has 1 aliphatic heterocycles. The number of carbonyl (C=O) groups excluding carboxylic acids is 1. The Morgan fingerprint density at radius 3 is 2.70 bits per heavy atom. The van der Waals surface area contributed by atoms with Gasteiger partial charge >= 0.3 is 0 Å². The van der Waals surface area contributed by atoms with E-state index in [1.165, 1.54) is 61.0 Å². The number of hydrogen-bond donors (Lipinski definition) is 1. The van der Waals surface area contributed by atoms with Gasteiger partial charge in [-0.25, -0.2) is 0 Å². The average Bonchev–Trinajstić information content (AvgIpc) is 3.71. The van der Waals surface area contributed by atoms with Crippen molar-refractivity contribution in [3.63, 3.8) is 0 Å². The summed E-state index contributed by atoms with van der Waals surface area (Å²) in [5.41, 5.74) is 6.95. The number of ether oxygens (including phenoxy) is 1. The average molecular weight is 497 g/mol. The molecule has 0 spiro atoms. The van der Waals surface area contributed by atoms with Gasteiger partial charge in [0.2, 0.25) is 0 Å². The van der Waals surface area contributed by atoms with E-state index < -0.39 is 0 Å². The molecule has 1 fully saturated rings. The number of fused-ring (bicyclic) bond motifs is 3. The van der Waals surface area contributed by atoms with Crippen molar-refractivity contribution in [1.29, 1.82) is 0 Å².